The average molecular weight is 492 g/mol. The molecule has 3 aromatic rings. The molecule has 190 valence electrons. The van der Waals surface area contributed by atoms with E-state index in [4.69, 9.17) is 4.74 Å². The van der Waals surface area contributed by atoms with Crippen molar-refractivity contribution in [1.29, 1.82) is 0 Å². The molecule has 1 aromatic carbocycles. The van der Waals surface area contributed by atoms with Crippen LogP contribution in [0.4, 0.5) is 0 Å². The molecule has 0 unspecified atom stereocenters. The summed E-state index contributed by atoms with van der Waals surface area (Å²) in [6.45, 7) is 6.96. The van der Waals surface area contributed by atoms with Crippen LogP contribution in [0.5, 0.6) is 5.75 Å². The number of tetrazole rings is 1. The van der Waals surface area contributed by atoms with Crippen molar-refractivity contribution in [2.24, 2.45) is 5.92 Å². The van der Waals surface area contributed by atoms with Crippen LogP contribution in [0.1, 0.15) is 61.3 Å². The average Bonchev–Trinajstić information content (AvgIpc) is 3.32. The van der Waals surface area contributed by atoms with E-state index < -0.39 is 0 Å². The van der Waals surface area contributed by atoms with Crippen LogP contribution in [-0.4, -0.2) is 49.7 Å². The van der Waals surface area contributed by atoms with Gasteiger partial charge in [-0.05, 0) is 80.5 Å². The van der Waals surface area contributed by atoms with E-state index in [-0.39, 0.29) is 17.9 Å². The largest absolute Gasteiger partial charge is 0.494 e. The third kappa shape index (κ3) is 6.87. The number of aryl methyl sites for hydroxylation is 1. The van der Waals surface area contributed by atoms with Crippen molar-refractivity contribution in [1.82, 2.24) is 35.8 Å². The first-order chi connectivity index (χ1) is 17.4. The lowest BCUT2D eigenvalue weighted by Gasteiger charge is -2.28. The monoisotopic (exact) mass is 491 g/mol. The van der Waals surface area contributed by atoms with Gasteiger partial charge in [-0.15, -0.1) is 10.2 Å². The zero-order valence-electron chi connectivity index (χ0n) is 21.0. The van der Waals surface area contributed by atoms with Gasteiger partial charge in [0, 0.05) is 30.8 Å². The van der Waals surface area contributed by atoms with Crippen molar-refractivity contribution in [3.63, 3.8) is 0 Å². The van der Waals surface area contributed by atoms with Crippen LogP contribution < -0.4 is 15.4 Å². The predicted molar refractivity (Wildman–Crippen MR) is 134 cm³/mol. The molecule has 2 aromatic heterocycles. The van der Waals surface area contributed by atoms with Crippen molar-refractivity contribution in [3.05, 3.63) is 53.3 Å². The molecule has 1 aliphatic carbocycles. The molecule has 36 heavy (non-hydrogen) atoms. The molecule has 10 heteroatoms. The fourth-order valence-electron chi connectivity index (χ4n) is 4.54. The van der Waals surface area contributed by atoms with Gasteiger partial charge in [0.15, 0.2) is 0 Å². The van der Waals surface area contributed by atoms with Gasteiger partial charge in [0.05, 0.1) is 13.2 Å². The molecule has 1 fully saturated rings. The van der Waals surface area contributed by atoms with E-state index in [1.807, 2.05) is 44.2 Å². The second-order valence-corrected chi connectivity index (χ2v) is 9.23. The zero-order valence-corrected chi connectivity index (χ0v) is 21.0. The molecule has 0 atom stereocenters. The van der Waals surface area contributed by atoms with Gasteiger partial charge in [0.2, 0.25) is 11.7 Å². The first-order valence-electron chi connectivity index (χ1n) is 12.4. The highest BCUT2D eigenvalue weighted by Crippen LogP contribution is 2.26. The number of hydrogen-bond acceptors (Lipinski definition) is 7. The van der Waals surface area contributed by atoms with Crippen molar-refractivity contribution in [2.75, 3.05) is 6.61 Å². The summed E-state index contributed by atoms with van der Waals surface area (Å²) in [6.07, 6.45) is 3.94. The number of nitrogens with one attached hydrogen (secondary N) is 2. The number of carbonyl (C=O) groups is 2. The van der Waals surface area contributed by atoms with Crippen molar-refractivity contribution in [2.45, 2.75) is 65.6 Å². The second kappa shape index (κ2) is 11.7. The lowest BCUT2D eigenvalue weighted by atomic mass is 9.86. The summed E-state index contributed by atoms with van der Waals surface area (Å²) in [5.41, 5.74) is 2.65. The Morgan fingerprint density at radius 3 is 2.69 bits per heavy atom. The Morgan fingerprint density at radius 2 is 1.94 bits per heavy atom. The van der Waals surface area contributed by atoms with E-state index in [0.717, 1.165) is 37.0 Å². The summed E-state index contributed by atoms with van der Waals surface area (Å²) in [7, 11) is 0. The number of aromatic nitrogens is 5. The number of nitrogens with zero attached hydrogens (tertiary/aromatic N) is 5. The van der Waals surface area contributed by atoms with E-state index in [2.05, 4.69) is 31.0 Å². The Hall–Kier alpha value is -3.82. The summed E-state index contributed by atoms with van der Waals surface area (Å²) < 4.78 is 5.52. The predicted octanol–water partition coefficient (Wildman–Crippen LogP) is 3.07. The highest BCUT2D eigenvalue weighted by molar-refractivity contribution is 5.93. The van der Waals surface area contributed by atoms with Crippen molar-refractivity contribution >= 4 is 11.8 Å². The summed E-state index contributed by atoms with van der Waals surface area (Å²) in [6, 6.07) is 11.4. The van der Waals surface area contributed by atoms with Gasteiger partial charge >= 0.3 is 0 Å². The normalized spacial score (nSPS) is 17.4. The Morgan fingerprint density at radius 1 is 1.14 bits per heavy atom. The van der Waals surface area contributed by atoms with Crippen LogP contribution in [0.3, 0.4) is 0 Å². The smallest absolute Gasteiger partial charge is 0.270 e. The van der Waals surface area contributed by atoms with Crippen LogP contribution in [0.2, 0.25) is 0 Å². The molecule has 2 heterocycles. The van der Waals surface area contributed by atoms with Gasteiger partial charge in [-0.1, -0.05) is 12.1 Å². The number of rotatable bonds is 9. The van der Waals surface area contributed by atoms with Crippen LogP contribution in [0.15, 0.2) is 36.4 Å². The van der Waals surface area contributed by atoms with Crippen LogP contribution in [0, 0.1) is 12.8 Å². The maximum atomic E-state index is 12.8. The summed E-state index contributed by atoms with van der Waals surface area (Å²) >= 11 is 0. The summed E-state index contributed by atoms with van der Waals surface area (Å²) in [4.78, 5) is 30.1. The first kappa shape index (κ1) is 25.3. The fraction of sp³-hybridized carbons (Fsp3) is 0.462. The molecule has 0 spiro atoms. The first-order valence-corrected chi connectivity index (χ1v) is 12.4. The minimum absolute atomic E-state index is 0.0255. The molecule has 1 aliphatic rings. The Labute approximate surface area is 210 Å². The fourth-order valence-corrected chi connectivity index (χ4v) is 4.54. The van der Waals surface area contributed by atoms with Gasteiger partial charge in [-0.2, -0.15) is 4.80 Å². The molecular weight excluding hydrogens is 458 g/mol. The lowest BCUT2D eigenvalue weighted by molar-refractivity contribution is -0.119. The standard InChI is InChI=1S/C26H33N7O3/c1-4-36-23-7-5-6-20(13-23)15-27-26(35)24-14-21(12-17(2)28-24)25-30-32-33(31-25)16-19-8-10-22(11-9-19)29-18(3)34/h5-7,12-14,19,22H,4,8-11,15-16H2,1-3H3,(H,27,35)(H,29,34)/t19-,22-. The topological polar surface area (TPSA) is 124 Å². The maximum absolute atomic E-state index is 12.8. The molecule has 10 nitrogen and oxygen atoms in total. The van der Waals surface area contributed by atoms with E-state index in [0.29, 0.717) is 48.4 Å². The van der Waals surface area contributed by atoms with Gasteiger partial charge < -0.3 is 15.4 Å². The minimum Gasteiger partial charge on any atom is -0.494 e. The van der Waals surface area contributed by atoms with E-state index in [9.17, 15) is 9.59 Å². The Kier molecular flexibility index (Phi) is 8.24. The molecule has 0 aliphatic heterocycles. The molecule has 0 bridgehead atoms. The molecule has 0 saturated heterocycles. The number of ether oxygens (including phenoxy) is 1. The molecule has 2 N–H and O–H groups in total. The SMILES string of the molecule is CCOc1cccc(CNC(=O)c2cc(-c3nnn(C[C@H]4CC[C@H](NC(C)=O)CC4)n3)cc(C)n2)c1. The van der Waals surface area contributed by atoms with Gasteiger partial charge in [-0.3, -0.25) is 9.59 Å². The number of pyridine rings is 1. The minimum atomic E-state index is -0.273. The van der Waals surface area contributed by atoms with Gasteiger partial charge in [0.1, 0.15) is 11.4 Å². The number of amides is 2. The molecule has 2 amide bonds. The zero-order chi connectivity index (χ0) is 25.5. The molecular formula is C26H33N7O3. The van der Waals surface area contributed by atoms with Crippen molar-refractivity contribution in [3.8, 4) is 17.1 Å². The van der Waals surface area contributed by atoms with Crippen molar-refractivity contribution < 1.29 is 14.3 Å². The summed E-state index contributed by atoms with van der Waals surface area (Å²) in [5.74, 6) is 1.43. The van der Waals surface area contributed by atoms with Gasteiger partial charge in [0.25, 0.3) is 5.91 Å². The van der Waals surface area contributed by atoms with Crippen LogP contribution in [0.25, 0.3) is 11.4 Å². The Bertz CT molecular complexity index is 1200. The second-order valence-electron chi connectivity index (χ2n) is 9.23. The Balaban J connectivity index is 1.37. The van der Waals surface area contributed by atoms with E-state index in [1.165, 1.54) is 0 Å². The number of carbonyl (C=O) groups excluding carboxylic acids is 2. The van der Waals surface area contributed by atoms with E-state index in [1.54, 1.807) is 17.8 Å². The quantitative estimate of drug-likeness (QED) is 0.471. The highest BCUT2D eigenvalue weighted by Gasteiger charge is 2.23. The molecule has 0 radical (unpaired) electrons. The third-order valence-corrected chi connectivity index (χ3v) is 6.24. The number of hydrogen-bond donors (Lipinski definition) is 2. The highest BCUT2D eigenvalue weighted by atomic mass is 16.5. The maximum Gasteiger partial charge on any atom is 0.270 e. The van der Waals surface area contributed by atoms with Crippen LogP contribution >= 0.6 is 0 Å². The van der Waals surface area contributed by atoms with Crippen LogP contribution in [-0.2, 0) is 17.9 Å². The molecule has 4 rings (SSSR count). The lowest BCUT2D eigenvalue weighted by Crippen LogP contribution is -2.36. The van der Waals surface area contributed by atoms with Gasteiger partial charge in [-0.25, -0.2) is 4.98 Å². The third-order valence-electron chi connectivity index (χ3n) is 6.24. The number of benzene rings is 1. The molecule has 1 saturated carbocycles. The van der Waals surface area contributed by atoms with E-state index >= 15 is 0 Å². The summed E-state index contributed by atoms with van der Waals surface area (Å²) in [5, 5.41) is 18.9.